The van der Waals surface area contributed by atoms with Crippen LogP contribution >= 0.6 is 0 Å². The van der Waals surface area contributed by atoms with Gasteiger partial charge in [0.2, 0.25) is 15.9 Å². The molecule has 2 fully saturated rings. The molecule has 3 unspecified atom stereocenters. The van der Waals surface area contributed by atoms with Gasteiger partial charge in [0, 0.05) is 26.2 Å². The van der Waals surface area contributed by atoms with E-state index in [1.165, 1.54) is 4.31 Å². The number of carbonyl (C=O) groups is 2. The molecule has 3 rings (SSSR count). The van der Waals surface area contributed by atoms with Crippen LogP contribution in [0.3, 0.4) is 0 Å². The number of hydrogen-bond acceptors (Lipinski definition) is 4. The second-order valence-corrected chi connectivity index (χ2v) is 10.4. The molecule has 7 nitrogen and oxygen atoms in total. The fraction of sp³-hybridized carbons (Fsp3) is 0.636. The smallest absolute Gasteiger partial charge is 0.307 e. The number of rotatable bonds is 6. The summed E-state index contributed by atoms with van der Waals surface area (Å²) in [4.78, 5) is 26.4. The molecule has 1 saturated carbocycles. The number of sulfonamides is 1. The molecule has 0 spiro atoms. The molecule has 1 heterocycles. The van der Waals surface area contributed by atoms with Crippen LogP contribution < -0.4 is 0 Å². The van der Waals surface area contributed by atoms with Gasteiger partial charge in [-0.25, -0.2) is 8.42 Å². The first-order chi connectivity index (χ1) is 14.3. The van der Waals surface area contributed by atoms with E-state index in [1.807, 2.05) is 12.1 Å². The predicted octanol–water partition coefficient (Wildman–Crippen LogP) is 2.92. The van der Waals surface area contributed by atoms with E-state index in [9.17, 15) is 23.1 Å². The van der Waals surface area contributed by atoms with Crippen molar-refractivity contribution in [2.24, 2.45) is 11.8 Å². The van der Waals surface area contributed by atoms with Gasteiger partial charge in [-0.15, -0.1) is 0 Å². The molecule has 8 heteroatoms. The van der Waals surface area contributed by atoms with Crippen LogP contribution in [-0.2, 0) is 19.6 Å². The first-order valence-corrected chi connectivity index (χ1v) is 12.3. The Morgan fingerprint density at radius 2 is 1.60 bits per heavy atom. The summed E-state index contributed by atoms with van der Waals surface area (Å²) in [6.45, 7) is 5.26. The van der Waals surface area contributed by atoms with Gasteiger partial charge < -0.3 is 10.0 Å². The summed E-state index contributed by atoms with van der Waals surface area (Å²) in [7, 11) is -3.61. The molecule has 2 aliphatic rings. The second-order valence-electron chi connectivity index (χ2n) is 8.44. The van der Waals surface area contributed by atoms with E-state index in [0.29, 0.717) is 31.8 Å². The Morgan fingerprint density at radius 1 is 1.03 bits per heavy atom. The monoisotopic (exact) mass is 436 g/mol. The maximum absolute atomic E-state index is 13.0. The standard InChI is InChI=1S/C22H32N2O5S/c1-3-16(2)17-8-10-18(11-9-17)30(28,29)24-14-12-23(13-15-24)21(25)19-6-4-5-7-20(19)22(26)27/h8-11,16,19-20H,3-7,12-15H2,1-2H3,(H,26,27). The molecular formula is C22H32N2O5S. The molecular weight excluding hydrogens is 404 g/mol. The van der Waals surface area contributed by atoms with Gasteiger partial charge in [-0.3, -0.25) is 9.59 Å². The van der Waals surface area contributed by atoms with Crippen molar-refractivity contribution in [2.75, 3.05) is 26.2 Å². The first kappa shape index (κ1) is 22.7. The minimum atomic E-state index is -3.61. The molecule has 1 amide bonds. The predicted molar refractivity (Wildman–Crippen MR) is 114 cm³/mol. The lowest BCUT2D eigenvalue weighted by atomic mass is 9.78. The average molecular weight is 437 g/mol. The Hall–Kier alpha value is -1.93. The molecule has 1 saturated heterocycles. The Kier molecular flexibility index (Phi) is 7.18. The van der Waals surface area contributed by atoms with Gasteiger partial charge in [0.05, 0.1) is 16.7 Å². The summed E-state index contributed by atoms with van der Waals surface area (Å²) in [5.74, 6) is -1.79. The molecule has 0 bridgehead atoms. The van der Waals surface area contributed by atoms with Crippen molar-refractivity contribution in [1.29, 1.82) is 0 Å². The van der Waals surface area contributed by atoms with Crippen LogP contribution in [0.4, 0.5) is 0 Å². The SMILES string of the molecule is CCC(C)c1ccc(S(=O)(=O)N2CCN(C(=O)C3CCCCC3C(=O)O)CC2)cc1. The quantitative estimate of drug-likeness (QED) is 0.740. The van der Waals surface area contributed by atoms with Crippen LogP contribution in [0.2, 0.25) is 0 Å². The summed E-state index contributed by atoms with van der Waals surface area (Å²) >= 11 is 0. The van der Waals surface area contributed by atoms with E-state index < -0.39 is 27.8 Å². The molecule has 1 aromatic carbocycles. The number of amides is 1. The molecule has 1 N–H and O–H groups in total. The van der Waals surface area contributed by atoms with Crippen molar-refractivity contribution in [3.8, 4) is 0 Å². The number of nitrogens with zero attached hydrogens (tertiary/aromatic N) is 2. The highest BCUT2D eigenvalue weighted by molar-refractivity contribution is 7.89. The molecule has 0 radical (unpaired) electrons. The summed E-state index contributed by atoms with van der Waals surface area (Å²) < 4.78 is 27.4. The maximum atomic E-state index is 13.0. The van der Waals surface area contributed by atoms with Gasteiger partial charge in [0.1, 0.15) is 0 Å². The maximum Gasteiger partial charge on any atom is 0.307 e. The molecule has 166 valence electrons. The molecule has 30 heavy (non-hydrogen) atoms. The topological polar surface area (TPSA) is 95.0 Å². The van der Waals surface area contributed by atoms with Crippen LogP contribution in [0.1, 0.15) is 57.4 Å². The third-order valence-corrected chi connectivity index (χ3v) is 8.56. The van der Waals surface area contributed by atoms with E-state index >= 15 is 0 Å². The second kappa shape index (κ2) is 9.47. The zero-order valence-corrected chi connectivity index (χ0v) is 18.6. The van der Waals surface area contributed by atoms with Gasteiger partial charge in [-0.05, 0) is 42.9 Å². The zero-order valence-electron chi connectivity index (χ0n) is 17.8. The number of benzene rings is 1. The van der Waals surface area contributed by atoms with Crippen molar-refractivity contribution in [3.05, 3.63) is 29.8 Å². The van der Waals surface area contributed by atoms with Crippen LogP contribution in [0.25, 0.3) is 0 Å². The average Bonchev–Trinajstić information content (AvgIpc) is 2.78. The van der Waals surface area contributed by atoms with E-state index in [4.69, 9.17) is 0 Å². The normalized spacial score (nSPS) is 24.4. The highest BCUT2D eigenvalue weighted by Gasteiger charge is 2.39. The number of carboxylic acid groups (broad SMARTS) is 1. The lowest BCUT2D eigenvalue weighted by Crippen LogP contribution is -2.53. The largest absolute Gasteiger partial charge is 0.481 e. The molecule has 3 atom stereocenters. The van der Waals surface area contributed by atoms with E-state index in [0.717, 1.165) is 24.8 Å². The van der Waals surface area contributed by atoms with Crippen LogP contribution in [-0.4, -0.2) is 60.8 Å². The van der Waals surface area contributed by atoms with Gasteiger partial charge in [-0.2, -0.15) is 4.31 Å². The lowest BCUT2D eigenvalue weighted by Gasteiger charge is -2.38. The molecule has 1 aliphatic heterocycles. The zero-order chi connectivity index (χ0) is 21.9. The van der Waals surface area contributed by atoms with Gasteiger partial charge in [0.15, 0.2) is 0 Å². The molecule has 1 aliphatic carbocycles. The molecule has 0 aromatic heterocycles. The Bertz CT molecular complexity index is 860. The number of piperazine rings is 1. The minimum Gasteiger partial charge on any atom is -0.481 e. The van der Waals surface area contributed by atoms with Gasteiger partial charge >= 0.3 is 5.97 Å². The van der Waals surface area contributed by atoms with Crippen LogP contribution in [0.5, 0.6) is 0 Å². The van der Waals surface area contributed by atoms with E-state index in [1.54, 1.807) is 17.0 Å². The molecule has 1 aromatic rings. The Morgan fingerprint density at radius 3 is 2.13 bits per heavy atom. The third-order valence-electron chi connectivity index (χ3n) is 6.65. The van der Waals surface area contributed by atoms with Crippen LogP contribution in [0, 0.1) is 11.8 Å². The Labute approximate surface area is 179 Å². The summed E-state index contributed by atoms with van der Waals surface area (Å²) in [6.07, 6.45) is 3.82. The number of hydrogen-bond donors (Lipinski definition) is 1. The number of carboxylic acids is 1. The number of carbonyl (C=O) groups excluding carboxylic acids is 1. The van der Waals surface area contributed by atoms with Gasteiger partial charge in [0.25, 0.3) is 0 Å². The number of aliphatic carboxylic acids is 1. The van der Waals surface area contributed by atoms with Crippen LogP contribution in [0.15, 0.2) is 29.2 Å². The van der Waals surface area contributed by atoms with Gasteiger partial charge in [-0.1, -0.05) is 38.8 Å². The van der Waals surface area contributed by atoms with Crippen molar-refractivity contribution in [3.63, 3.8) is 0 Å². The van der Waals surface area contributed by atoms with E-state index in [-0.39, 0.29) is 23.9 Å². The van der Waals surface area contributed by atoms with Crippen molar-refractivity contribution < 1.29 is 23.1 Å². The fourth-order valence-electron chi connectivity index (χ4n) is 4.46. The highest BCUT2D eigenvalue weighted by atomic mass is 32.2. The summed E-state index contributed by atoms with van der Waals surface area (Å²) in [5.41, 5.74) is 1.12. The fourth-order valence-corrected chi connectivity index (χ4v) is 5.88. The Balaban J connectivity index is 1.64. The summed E-state index contributed by atoms with van der Waals surface area (Å²) in [5, 5.41) is 9.44. The van der Waals surface area contributed by atoms with Crippen molar-refractivity contribution in [2.45, 2.75) is 56.8 Å². The summed E-state index contributed by atoms with van der Waals surface area (Å²) in [6, 6.07) is 7.06. The third kappa shape index (κ3) is 4.70. The van der Waals surface area contributed by atoms with Crippen molar-refractivity contribution in [1.82, 2.24) is 9.21 Å². The minimum absolute atomic E-state index is 0.142. The first-order valence-electron chi connectivity index (χ1n) is 10.9. The highest BCUT2D eigenvalue weighted by Crippen LogP contribution is 2.32. The van der Waals surface area contributed by atoms with E-state index in [2.05, 4.69) is 13.8 Å². The lowest BCUT2D eigenvalue weighted by molar-refractivity contribution is -0.152. The van der Waals surface area contributed by atoms with Crippen molar-refractivity contribution >= 4 is 21.9 Å².